The van der Waals surface area contributed by atoms with Crippen molar-refractivity contribution in [2.24, 2.45) is 0 Å². The van der Waals surface area contributed by atoms with Gasteiger partial charge >= 0.3 is 0 Å². The summed E-state index contributed by atoms with van der Waals surface area (Å²) in [6.07, 6.45) is 3.32. The van der Waals surface area contributed by atoms with Crippen molar-refractivity contribution in [3.63, 3.8) is 0 Å². The lowest BCUT2D eigenvalue weighted by Gasteiger charge is -2.11. The lowest BCUT2D eigenvalue weighted by Crippen LogP contribution is -2.04. The fourth-order valence-corrected chi connectivity index (χ4v) is 0.536. The summed E-state index contributed by atoms with van der Waals surface area (Å²) in [6, 6.07) is 0. The molecule has 0 aliphatic heterocycles. The smallest absolute Gasteiger partial charge is 0.146 e. The molecule has 2 heteroatoms. The highest BCUT2D eigenvalue weighted by atomic mass is 16.5. The number of rotatable bonds is 4. The SMILES string of the molecule is CCC(C)OC(C)=CC=O. The summed E-state index contributed by atoms with van der Waals surface area (Å²) >= 11 is 0. The molecular formula is C8H14O2. The molecule has 10 heavy (non-hydrogen) atoms. The van der Waals surface area contributed by atoms with E-state index >= 15 is 0 Å². The molecule has 0 rings (SSSR count). The molecule has 1 atom stereocenters. The Morgan fingerprint density at radius 3 is 2.70 bits per heavy atom. The van der Waals surface area contributed by atoms with Crippen LogP contribution in [0.5, 0.6) is 0 Å². The van der Waals surface area contributed by atoms with Gasteiger partial charge in [-0.1, -0.05) is 6.92 Å². The molecule has 0 aromatic carbocycles. The zero-order valence-corrected chi connectivity index (χ0v) is 6.76. The average Bonchev–Trinajstić information content (AvgIpc) is 1.88. The summed E-state index contributed by atoms with van der Waals surface area (Å²) in [5.74, 6) is 0.685. The van der Waals surface area contributed by atoms with E-state index in [1.807, 2.05) is 13.8 Å². The summed E-state index contributed by atoms with van der Waals surface area (Å²) in [7, 11) is 0. The molecule has 0 saturated carbocycles. The molecule has 0 aliphatic rings. The number of carbonyl (C=O) groups is 1. The molecule has 0 saturated heterocycles. The standard InChI is InChI=1S/C8H14O2/c1-4-7(2)10-8(3)5-6-9/h5-7H,4H2,1-3H3. The van der Waals surface area contributed by atoms with Crippen LogP contribution in [0.1, 0.15) is 27.2 Å². The number of ether oxygens (including phenoxy) is 1. The maximum absolute atomic E-state index is 9.93. The van der Waals surface area contributed by atoms with Crippen molar-refractivity contribution in [2.75, 3.05) is 0 Å². The van der Waals surface area contributed by atoms with Crippen LogP contribution in [0.15, 0.2) is 11.8 Å². The van der Waals surface area contributed by atoms with Crippen molar-refractivity contribution in [1.29, 1.82) is 0 Å². The second kappa shape index (κ2) is 5.03. The van der Waals surface area contributed by atoms with Crippen LogP contribution in [0.2, 0.25) is 0 Å². The molecule has 2 nitrogen and oxygen atoms in total. The summed E-state index contributed by atoms with van der Waals surface area (Å²) in [5, 5.41) is 0. The van der Waals surface area contributed by atoms with Crippen LogP contribution in [-0.2, 0) is 9.53 Å². The lowest BCUT2D eigenvalue weighted by molar-refractivity contribution is -0.104. The van der Waals surface area contributed by atoms with E-state index < -0.39 is 0 Å². The molecule has 0 amide bonds. The molecule has 0 aromatic heterocycles. The molecule has 0 aliphatic carbocycles. The van der Waals surface area contributed by atoms with E-state index in [4.69, 9.17) is 4.74 Å². The highest BCUT2D eigenvalue weighted by Gasteiger charge is 1.97. The first-order chi connectivity index (χ1) is 4.70. The van der Waals surface area contributed by atoms with Crippen molar-refractivity contribution < 1.29 is 9.53 Å². The molecule has 0 aromatic rings. The zero-order valence-electron chi connectivity index (χ0n) is 6.76. The molecule has 0 spiro atoms. The van der Waals surface area contributed by atoms with E-state index in [2.05, 4.69) is 0 Å². The third-order valence-electron chi connectivity index (χ3n) is 1.26. The van der Waals surface area contributed by atoms with Gasteiger partial charge in [0.25, 0.3) is 0 Å². The Bertz CT molecular complexity index is 127. The predicted molar refractivity (Wildman–Crippen MR) is 40.7 cm³/mol. The van der Waals surface area contributed by atoms with Gasteiger partial charge in [0.15, 0.2) is 0 Å². The first kappa shape index (κ1) is 9.21. The average molecular weight is 142 g/mol. The fourth-order valence-electron chi connectivity index (χ4n) is 0.536. The molecule has 0 heterocycles. The number of aldehydes is 1. The molecule has 0 bridgehead atoms. The van der Waals surface area contributed by atoms with Crippen LogP contribution in [0.25, 0.3) is 0 Å². The van der Waals surface area contributed by atoms with E-state index in [9.17, 15) is 4.79 Å². The molecule has 0 N–H and O–H groups in total. The van der Waals surface area contributed by atoms with E-state index in [0.29, 0.717) is 5.76 Å². The topological polar surface area (TPSA) is 26.3 Å². The zero-order chi connectivity index (χ0) is 7.98. The summed E-state index contributed by atoms with van der Waals surface area (Å²) in [5.41, 5.74) is 0. The Morgan fingerprint density at radius 1 is 1.70 bits per heavy atom. The van der Waals surface area contributed by atoms with Crippen molar-refractivity contribution in [2.45, 2.75) is 33.3 Å². The van der Waals surface area contributed by atoms with Gasteiger partial charge in [-0.2, -0.15) is 0 Å². The number of hydrogen-bond donors (Lipinski definition) is 0. The second-order valence-corrected chi connectivity index (χ2v) is 2.25. The predicted octanol–water partition coefficient (Wildman–Crippen LogP) is 1.90. The van der Waals surface area contributed by atoms with Gasteiger partial charge in [-0.15, -0.1) is 0 Å². The van der Waals surface area contributed by atoms with Crippen LogP contribution in [0.3, 0.4) is 0 Å². The van der Waals surface area contributed by atoms with Crippen molar-refractivity contribution >= 4 is 6.29 Å². The molecule has 58 valence electrons. The monoisotopic (exact) mass is 142 g/mol. The number of hydrogen-bond acceptors (Lipinski definition) is 2. The lowest BCUT2D eigenvalue weighted by atomic mass is 10.3. The van der Waals surface area contributed by atoms with Gasteiger partial charge in [0.2, 0.25) is 0 Å². The maximum atomic E-state index is 9.93. The highest BCUT2D eigenvalue weighted by molar-refractivity contribution is 5.65. The van der Waals surface area contributed by atoms with Crippen LogP contribution in [-0.4, -0.2) is 12.4 Å². The van der Waals surface area contributed by atoms with Crippen molar-refractivity contribution in [1.82, 2.24) is 0 Å². The Hall–Kier alpha value is -0.790. The maximum Gasteiger partial charge on any atom is 0.146 e. The highest BCUT2D eigenvalue weighted by Crippen LogP contribution is 2.02. The third-order valence-corrected chi connectivity index (χ3v) is 1.26. The normalized spacial score (nSPS) is 14.5. The summed E-state index contributed by atoms with van der Waals surface area (Å²) < 4.78 is 5.27. The van der Waals surface area contributed by atoms with Crippen molar-refractivity contribution in [3.8, 4) is 0 Å². The van der Waals surface area contributed by atoms with Gasteiger partial charge in [0.05, 0.1) is 11.9 Å². The Kier molecular flexibility index (Phi) is 4.63. The van der Waals surface area contributed by atoms with Crippen LogP contribution < -0.4 is 0 Å². The van der Waals surface area contributed by atoms with Gasteiger partial charge < -0.3 is 4.74 Å². The molecular weight excluding hydrogens is 128 g/mol. The largest absolute Gasteiger partial charge is 0.495 e. The van der Waals surface area contributed by atoms with E-state index in [0.717, 1.165) is 12.7 Å². The second-order valence-electron chi connectivity index (χ2n) is 2.25. The Labute approximate surface area is 61.9 Å². The Morgan fingerprint density at radius 2 is 2.30 bits per heavy atom. The van der Waals surface area contributed by atoms with Crippen LogP contribution >= 0.6 is 0 Å². The third kappa shape index (κ3) is 4.13. The van der Waals surface area contributed by atoms with Gasteiger partial charge in [-0.25, -0.2) is 0 Å². The molecule has 0 fully saturated rings. The van der Waals surface area contributed by atoms with Crippen molar-refractivity contribution in [3.05, 3.63) is 11.8 Å². The summed E-state index contributed by atoms with van der Waals surface area (Å²) in [6.45, 7) is 5.79. The Balaban J connectivity index is 3.66. The van der Waals surface area contributed by atoms with Gasteiger partial charge in [0, 0.05) is 6.08 Å². The fraction of sp³-hybridized carbons (Fsp3) is 0.625. The number of carbonyl (C=O) groups excluding carboxylic acids is 1. The van der Waals surface area contributed by atoms with Gasteiger partial charge in [-0.05, 0) is 20.3 Å². The molecule has 1 unspecified atom stereocenters. The first-order valence-electron chi connectivity index (χ1n) is 3.49. The van der Waals surface area contributed by atoms with Gasteiger partial charge in [0.1, 0.15) is 6.29 Å². The minimum absolute atomic E-state index is 0.205. The van der Waals surface area contributed by atoms with E-state index in [-0.39, 0.29) is 6.10 Å². The minimum Gasteiger partial charge on any atom is -0.495 e. The summed E-state index contributed by atoms with van der Waals surface area (Å²) in [4.78, 5) is 9.93. The first-order valence-corrected chi connectivity index (χ1v) is 3.49. The quantitative estimate of drug-likeness (QED) is 0.340. The van der Waals surface area contributed by atoms with E-state index in [1.54, 1.807) is 6.92 Å². The minimum atomic E-state index is 0.205. The van der Waals surface area contributed by atoms with Gasteiger partial charge in [-0.3, -0.25) is 4.79 Å². The van der Waals surface area contributed by atoms with Crippen LogP contribution in [0, 0.1) is 0 Å². The van der Waals surface area contributed by atoms with Crippen LogP contribution in [0.4, 0.5) is 0 Å². The van der Waals surface area contributed by atoms with E-state index in [1.165, 1.54) is 6.08 Å². The molecule has 0 radical (unpaired) electrons. The number of allylic oxidation sites excluding steroid dienone is 2.